The lowest BCUT2D eigenvalue weighted by Gasteiger charge is -2.19. The van der Waals surface area contributed by atoms with E-state index in [9.17, 15) is 4.79 Å². The second kappa shape index (κ2) is 5.12. The Morgan fingerprint density at radius 1 is 1.60 bits per heavy atom. The molecule has 2 nitrogen and oxygen atoms in total. The zero-order valence-electron chi connectivity index (χ0n) is 8.86. The summed E-state index contributed by atoms with van der Waals surface area (Å²) in [6, 6.07) is 0. The third kappa shape index (κ3) is 3.05. The molecule has 1 aliphatic heterocycles. The summed E-state index contributed by atoms with van der Waals surface area (Å²) >= 11 is 3.68. The van der Waals surface area contributed by atoms with Crippen molar-refractivity contribution in [3.63, 3.8) is 0 Å². The summed E-state index contributed by atoms with van der Waals surface area (Å²) in [5.74, 6) is 1.36. The topological polar surface area (TPSA) is 30.0 Å². The van der Waals surface area contributed by atoms with E-state index in [1.165, 1.54) is 25.0 Å². The molecule has 1 unspecified atom stereocenters. The van der Waals surface area contributed by atoms with Gasteiger partial charge in [-0.15, -0.1) is 11.3 Å². The average molecular weight is 241 g/mol. The van der Waals surface area contributed by atoms with E-state index < -0.39 is 0 Å². The standard InChI is InChI=1S/C11H15NOS2/c1-8(13)10-7-15-11(12-10)6-9-4-2-3-5-14-9/h7,9H,2-6H2,1H3. The number of rotatable bonds is 3. The summed E-state index contributed by atoms with van der Waals surface area (Å²) < 4.78 is 0. The lowest BCUT2D eigenvalue weighted by atomic mass is 10.1. The van der Waals surface area contributed by atoms with Gasteiger partial charge in [-0.05, 0) is 18.6 Å². The molecule has 1 saturated heterocycles. The number of carbonyl (C=O) groups is 1. The number of aromatic nitrogens is 1. The molecular formula is C11H15NOS2. The number of thiazole rings is 1. The monoisotopic (exact) mass is 241 g/mol. The van der Waals surface area contributed by atoms with Crippen LogP contribution in [0.2, 0.25) is 0 Å². The smallest absolute Gasteiger partial charge is 0.178 e. The molecule has 1 fully saturated rings. The Balaban J connectivity index is 1.94. The number of ketones is 1. The van der Waals surface area contributed by atoms with Crippen LogP contribution in [0.1, 0.15) is 41.7 Å². The summed E-state index contributed by atoms with van der Waals surface area (Å²) in [6.45, 7) is 1.58. The van der Waals surface area contributed by atoms with Crippen LogP contribution in [0.15, 0.2) is 5.38 Å². The van der Waals surface area contributed by atoms with Crippen LogP contribution < -0.4 is 0 Å². The average Bonchev–Trinajstić information content (AvgIpc) is 2.68. The lowest BCUT2D eigenvalue weighted by molar-refractivity contribution is 0.101. The fourth-order valence-corrected chi connectivity index (χ4v) is 4.06. The van der Waals surface area contributed by atoms with Gasteiger partial charge in [0.2, 0.25) is 0 Å². The molecule has 2 heterocycles. The fraction of sp³-hybridized carbons (Fsp3) is 0.636. The number of hydrogen-bond acceptors (Lipinski definition) is 4. The number of hydrogen-bond donors (Lipinski definition) is 0. The van der Waals surface area contributed by atoms with Crippen LogP contribution in [0, 0.1) is 0 Å². The molecular weight excluding hydrogens is 226 g/mol. The first kappa shape index (κ1) is 11.1. The molecule has 0 saturated carbocycles. The van der Waals surface area contributed by atoms with Gasteiger partial charge in [0.25, 0.3) is 0 Å². The first-order valence-electron chi connectivity index (χ1n) is 5.32. The number of Topliss-reactive ketones (excluding diaryl/α,β-unsaturated/α-hetero) is 1. The first-order chi connectivity index (χ1) is 7.25. The van der Waals surface area contributed by atoms with Gasteiger partial charge in [-0.2, -0.15) is 11.8 Å². The van der Waals surface area contributed by atoms with Crippen LogP contribution in [0.3, 0.4) is 0 Å². The Labute approximate surface area is 98.5 Å². The van der Waals surface area contributed by atoms with Crippen molar-refractivity contribution in [2.45, 2.75) is 37.9 Å². The highest BCUT2D eigenvalue weighted by molar-refractivity contribution is 7.99. The van der Waals surface area contributed by atoms with Crippen molar-refractivity contribution < 1.29 is 4.79 Å². The van der Waals surface area contributed by atoms with Crippen molar-refractivity contribution in [1.29, 1.82) is 0 Å². The summed E-state index contributed by atoms with van der Waals surface area (Å²) in [4.78, 5) is 15.4. The molecule has 1 aliphatic rings. The molecule has 1 aromatic heterocycles. The normalized spacial score (nSPS) is 21.5. The van der Waals surface area contributed by atoms with Crippen LogP contribution in [0.5, 0.6) is 0 Å². The molecule has 0 aliphatic carbocycles. The minimum absolute atomic E-state index is 0.0776. The van der Waals surface area contributed by atoms with Gasteiger partial charge in [0.1, 0.15) is 5.69 Å². The van der Waals surface area contributed by atoms with E-state index in [1.54, 1.807) is 18.3 Å². The maximum absolute atomic E-state index is 11.1. The fourth-order valence-electron chi connectivity index (χ4n) is 1.73. The van der Waals surface area contributed by atoms with Crippen LogP contribution in [-0.2, 0) is 6.42 Å². The van der Waals surface area contributed by atoms with E-state index in [-0.39, 0.29) is 5.78 Å². The van der Waals surface area contributed by atoms with E-state index >= 15 is 0 Å². The Kier molecular flexibility index (Phi) is 3.81. The second-order valence-corrected chi connectivity index (χ2v) is 6.23. The summed E-state index contributed by atoms with van der Waals surface area (Å²) in [5, 5.41) is 3.73. The van der Waals surface area contributed by atoms with Crippen molar-refractivity contribution in [2.75, 3.05) is 5.75 Å². The Hall–Kier alpha value is -0.350. The van der Waals surface area contributed by atoms with Gasteiger partial charge in [-0.3, -0.25) is 4.79 Å². The molecule has 0 aromatic carbocycles. The van der Waals surface area contributed by atoms with Gasteiger partial charge in [0.05, 0.1) is 5.01 Å². The maximum atomic E-state index is 11.1. The van der Waals surface area contributed by atoms with Gasteiger partial charge in [-0.25, -0.2) is 4.98 Å². The second-order valence-electron chi connectivity index (χ2n) is 3.88. The zero-order chi connectivity index (χ0) is 10.7. The Morgan fingerprint density at radius 2 is 2.47 bits per heavy atom. The molecule has 1 atom stereocenters. The molecule has 0 radical (unpaired) electrons. The lowest BCUT2D eigenvalue weighted by Crippen LogP contribution is -2.12. The quantitative estimate of drug-likeness (QED) is 0.761. The van der Waals surface area contributed by atoms with Crippen molar-refractivity contribution >= 4 is 28.9 Å². The van der Waals surface area contributed by atoms with Crippen molar-refractivity contribution in [1.82, 2.24) is 4.98 Å². The van der Waals surface area contributed by atoms with Gasteiger partial charge in [-0.1, -0.05) is 6.42 Å². The van der Waals surface area contributed by atoms with Crippen LogP contribution in [-0.4, -0.2) is 21.8 Å². The third-order valence-electron chi connectivity index (χ3n) is 2.59. The molecule has 0 amide bonds. The predicted molar refractivity (Wildman–Crippen MR) is 65.9 cm³/mol. The molecule has 15 heavy (non-hydrogen) atoms. The SMILES string of the molecule is CC(=O)c1csc(CC2CCCCS2)n1. The maximum Gasteiger partial charge on any atom is 0.178 e. The molecule has 0 N–H and O–H groups in total. The summed E-state index contributed by atoms with van der Waals surface area (Å²) in [6.07, 6.45) is 5.06. The van der Waals surface area contributed by atoms with Crippen molar-refractivity contribution in [2.24, 2.45) is 0 Å². The molecule has 82 valence electrons. The number of carbonyl (C=O) groups excluding carboxylic acids is 1. The van der Waals surface area contributed by atoms with Crippen LogP contribution in [0.4, 0.5) is 0 Å². The minimum atomic E-state index is 0.0776. The molecule has 1 aromatic rings. The predicted octanol–water partition coefficient (Wildman–Crippen LogP) is 3.17. The molecule has 0 bridgehead atoms. The highest BCUT2D eigenvalue weighted by Crippen LogP contribution is 2.28. The highest BCUT2D eigenvalue weighted by Gasteiger charge is 2.16. The molecule has 2 rings (SSSR count). The van der Waals surface area contributed by atoms with Crippen molar-refractivity contribution in [3.05, 3.63) is 16.1 Å². The van der Waals surface area contributed by atoms with Crippen molar-refractivity contribution in [3.8, 4) is 0 Å². The van der Waals surface area contributed by atoms with E-state index in [4.69, 9.17) is 0 Å². The third-order valence-corrected chi connectivity index (χ3v) is 4.86. The van der Waals surface area contributed by atoms with Gasteiger partial charge >= 0.3 is 0 Å². The largest absolute Gasteiger partial charge is 0.293 e. The minimum Gasteiger partial charge on any atom is -0.293 e. The highest BCUT2D eigenvalue weighted by atomic mass is 32.2. The van der Waals surface area contributed by atoms with Gasteiger partial charge < -0.3 is 0 Å². The van der Waals surface area contributed by atoms with Crippen LogP contribution >= 0.6 is 23.1 Å². The molecule has 4 heteroatoms. The van der Waals surface area contributed by atoms with Gasteiger partial charge in [0.15, 0.2) is 5.78 Å². The first-order valence-corrected chi connectivity index (χ1v) is 7.25. The van der Waals surface area contributed by atoms with Gasteiger partial charge in [0, 0.05) is 24.0 Å². The Bertz CT molecular complexity index is 342. The van der Waals surface area contributed by atoms with E-state index in [1.807, 2.05) is 5.38 Å². The Morgan fingerprint density at radius 3 is 3.07 bits per heavy atom. The molecule has 0 spiro atoms. The van der Waals surface area contributed by atoms with E-state index in [0.29, 0.717) is 5.69 Å². The summed E-state index contributed by atoms with van der Waals surface area (Å²) in [7, 11) is 0. The number of thioether (sulfide) groups is 1. The van der Waals surface area contributed by atoms with Crippen LogP contribution in [0.25, 0.3) is 0 Å². The number of nitrogens with zero attached hydrogens (tertiary/aromatic N) is 1. The van der Waals surface area contributed by atoms with E-state index in [2.05, 4.69) is 16.7 Å². The van der Waals surface area contributed by atoms with E-state index in [0.717, 1.165) is 16.7 Å². The summed E-state index contributed by atoms with van der Waals surface area (Å²) in [5.41, 5.74) is 0.635. The zero-order valence-corrected chi connectivity index (χ0v) is 10.5.